The monoisotopic (exact) mass is 325 g/mol. The molecule has 0 bridgehead atoms. The fourth-order valence-corrected chi connectivity index (χ4v) is 5.46. The predicted octanol–water partition coefficient (Wildman–Crippen LogP) is 2.31. The van der Waals surface area contributed by atoms with E-state index in [1.807, 2.05) is 6.26 Å². The fraction of sp³-hybridized carbons (Fsp3) is 0.429. The van der Waals surface area contributed by atoms with Gasteiger partial charge < -0.3 is 10.7 Å². The second-order valence-corrected chi connectivity index (χ2v) is 8.15. The molecule has 1 aromatic carbocycles. The summed E-state index contributed by atoms with van der Waals surface area (Å²) in [6, 6.07) is 5.23. The van der Waals surface area contributed by atoms with Crippen LogP contribution in [0.2, 0.25) is 0 Å². The van der Waals surface area contributed by atoms with Crippen molar-refractivity contribution in [2.75, 3.05) is 12.0 Å². The molecule has 5 nitrogen and oxygen atoms in total. The van der Waals surface area contributed by atoms with Gasteiger partial charge >= 0.3 is 0 Å². The van der Waals surface area contributed by atoms with Crippen LogP contribution in [-0.4, -0.2) is 30.9 Å². The normalized spacial score (nSPS) is 22.9. The number of H-pyrrole nitrogens is 1. The van der Waals surface area contributed by atoms with E-state index in [1.165, 1.54) is 6.20 Å². The van der Waals surface area contributed by atoms with Crippen LogP contribution in [0, 0.1) is 0 Å². The molecule has 4 N–H and O–H groups in total. The van der Waals surface area contributed by atoms with E-state index in [4.69, 9.17) is 5.73 Å². The van der Waals surface area contributed by atoms with Crippen molar-refractivity contribution >= 4 is 38.4 Å². The van der Waals surface area contributed by atoms with Gasteiger partial charge in [-0.15, -0.1) is 0 Å². The van der Waals surface area contributed by atoms with E-state index in [0.29, 0.717) is 21.2 Å². The number of nitrogens with two attached hydrogens (primary N) is 1. The van der Waals surface area contributed by atoms with Crippen LogP contribution in [0.3, 0.4) is 0 Å². The van der Waals surface area contributed by atoms with Crippen molar-refractivity contribution in [2.24, 2.45) is 0 Å². The molecule has 1 fully saturated rings. The number of benzene rings is 1. The number of fused-ring (bicyclic) bond motifs is 1. The van der Waals surface area contributed by atoms with Gasteiger partial charge in [0.25, 0.3) is 0 Å². The lowest BCUT2D eigenvalue weighted by molar-refractivity contribution is 0.556. The van der Waals surface area contributed by atoms with Crippen molar-refractivity contribution < 1.29 is 8.42 Å². The first kappa shape index (κ1) is 14.7. The number of hydrogen-bond acceptors (Lipinski definition) is 4. The summed E-state index contributed by atoms with van der Waals surface area (Å²) >= 11 is 1.73. The topological polar surface area (TPSA) is 88.0 Å². The van der Waals surface area contributed by atoms with Crippen LogP contribution in [-0.2, 0) is 10.0 Å². The van der Waals surface area contributed by atoms with Gasteiger partial charge in [0.1, 0.15) is 4.90 Å². The largest absolute Gasteiger partial charge is 0.399 e. The highest BCUT2D eigenvalue weighted by Crippen LogP contribution is 2.31. The van der Waals surface area contributed by atoms with Crippen molar-refractivity contribution in [3.05, 3.63) is 24.4 Å². The van der Waals surface area contributed by atoms with Crippen molar-refractivity contribution in [2.45, 2.75) is 35.4 Å². The van der Waals surface area contributed by atoms with Crippen LogP contribution < -0.4 is 10.5 Å². The molecule has 0 saturated heterocycles. The zero-order valence-electron chi connectivity index (χ0n) is 11.8. The van der Waals surface area contributed by atoms with E-state index in [9.17, 15) is 8.42 Å². The maximum absolute atomic E-state index is 12.6. The Bertz CT molecular complexity index is 755. The Labute approximate surface area is 128 Å². The summed E-state index contributed by atoms with van der Waals surface area (Å²) in [4.78, 5) is 3.28. The summed E-state index contributed by atoms with van der Waals surface area (Å²) in [5, 5.41) is 1.04. The third kappa shape index (κ3) is 2.77. The number of nitrogens with one attached hydrogen (secondary N) is 2. The van der Waals surface area contributed by atoms with Crippen molar-refractivity contribution in [1.82, 2.24) is 9.71 Å². The Morgan fingerprint density at radius 2 is 2.19 bits per heavy atom. The molecule has 7 heteroatoms. The first-order valence-corrected chi connectivity index (χ1v) is 9.70. The van der Waals surface area contributed by atoms with Gasteiger partial charge in [-0.2, -0.15) is 11.8 Å². The molecule has 1 aromatic heterocycles. The molecule has 21 heavy (non-hydrogen) atoms. The molecule has 0 aliphatic heterocycles. The van der Waals surface area contributed by atoms with Crippen molar-refractivity contribution in [3.63, 3.8) is 0 Å². The molecule has 1 heterocycles. The molecular formula is C14H19N3O2S2. The highest BCUT2D eigenvalue weighted by Gasteiger charge is 2.31. The van der Waals surface area contributed by atoms with Crippen LogP contribution in [0.4, 0.5) is 5.69 Å². The molecule has 0 amide bonds. The number of aromatic amines is 1. The van der Waals surface area contributed by atoms with Crippen LogP contribution in [0.1, 0.15) is 19.3 Å². The lowest BCUT2D eigenvalue weighted by Crippen LogP contribution is -2.38. The van der Waals surface area contributed by atoms with E-state index in [0.717, 1.165) is 24.8 Å². The van der Waals surface area contributed by atoms with Gasteiger partial charge in [0.15, 0.2) is 0 Å². The third-order valence-electron chi connectivity index (χ3n) is 4.02. The molecule has 1 aliphatic carbocycles. The van der Waals surface area contributed by atoms with Crippen LogP contribution >= 0.6 is 11.8 Å². The van der Waals surface area contributed by atoms with E-state index < -0.39 is 10.0 Å². The van der Waals surface area contributed by atoms with Gasteiger partial charge in [-0.1, -0.05) is 6.42 Å². The smallest absolute Gasteiger partial charge is 0.242 e. The third-order valence-corrected chi connectivity index (χ3v) is 6.72. The predicted molar refractivity (Wildman–Crippen MR) is 88.0 cm³/mol. The van der Waals surface area contributed by atoms with Crippen LogP contribution in [0.15, 0.2) is 29.3 Å². The highest BCUT2D eigenvalue weighted by molar-refractivity contribution is 7.99. The maximum atomic E-state index is 12.6. The first-order chi connectivity index (χ1) is 10.0. The minimum absolute atomic E-state index is 0.0173. The van der Waals surface area contributed by atoms with Gasteiger partial charge in [0.2, 0.25) is 10.0 Å². The number of aromatic nitrogens is 1. The molecule has 114 valence electrons. The second kappa shape index (κ2) is 5.55. The van der Waals surface area contributed by atoms with Gasteiger partial charge in [0, 0.05) is 34.1 Å². The van der Waals surface area contributed by atoms with E-state index in [-0.39, 0.29) is 6.04 Å². The molecule has 3 rings (SSSR count). The highest BCUT2D eigenvalue weighted by atomic mass is 32.2. The van der Waals surface area contributed by atoms with Gasteiger partial charge in [-0.25, -0.2) is 13.1 Å². The number of anilines is 1. The Hall–Kier alpha value is -1.18. The first-order valence-electron chi connectivity index (χ1n) is 6.93. The molecule has 2 atom stereocenters. The summed E-state index contributed by atoms with van der Waals surface area (Å²) in [5.41, 5.74) is 7.07. The average molecular weight is 325 g/mol. The molecule has 2 aromatic rings. The number of thioether (sulfide) groups is 1. The number of hydrogen-bond donors (Lipinski definition) is 3. The molecule has 0 spiro atoms. The summed E-state index contributed by atoms with van der Waals surface area (Å²) in [6.07, 6.45) is 6.61. The zero-order valence-corrected chi connectivity index (χ0v) is 13.4. The van der Waals surface area contributed by atoms with E-state index in [1.54, 1.807) is 30.0 Å². The zero-order chi connectivity index (χ0) is 15.0. The van der Waals surface area contributed by atoms with Gasteiger partial charge in [-0.05, 0) is 37.3 Å². The number of nitrogen functional groups attached to an aromatic ring is 1. The SMILES string of the molecule is CSC1CCCC1NS(=O)(=O)c1c[nH]c2cc(N)ccc12. The average Bonchev–Trinajstić information content (AvgIpc) is 3.04. The minimum atomic E-state index is -3.52. The Morgan fingerprint density at radius 3 is 2.95 bits per heavy atom. The van der Waals surface area contributed by atoms with Crippen molar-refractivity contribution in [1.29, 1.82) is 0 Å². The van der Waals surface area contributed by atoms with E-state index in [2.05, 4.69) is 9.71 Å². The summed E-state index contributed by atoms with van der Waals surface area (Å²) in [5.74, 6) is 0. The molecule has 0 radical (unpaired) electrons. The summed E-state index contributed by atoms with van der Waals surface area (Å²) in [7, 11) is -3.52. The quantitative estimate of drug-likeness (QED) is 0.753. The maximum Gasteiger partial charge on any atom is 0.242 e. The number of sulfonamides is 1. The standard InChI is InChI=1S/C14H19N3O2S2/c1-20-13-4-2-3-11(13)17-21(18,19)14-8-16-12-7-9(15)5-6-10(12)14/h5-8,11,13,16-17H,2-4,15H2,1H3. The second-order valence-electron chi connectivity index (χ2n) is 5.39. The van der Waals surface area contributed by atoms with E-state index >= 15 is 0 Å². The molecule has 1 aliphatic rings. The van der Waals surface area contributed by atoms with Gasteiger partial charge in [-0.3, -0.25) is 0 Å². The number of rotatable bonds is 4. The van der Waals surface area contributed by atoms with Crippen LogP contribution in [0.25, 0.3) is 10.9 Å². The molecule has 2 unspecified atom stereocenters. The Morgan fingerprint density at radius 1 is 1.38 bits per heavy atom. The lowest BCUT2D eigenvalue weighted by Gasteiger charge is -2.18. The van der Waals surface area contributed by atoms with Crippen molar-refractivity contribution in [3.8, 4) is 0 Å². The fourth-order valence-electron chi connectivity index (χ4n) is 2.95. The molecule has 1 saturated carbocycles. The lowest BCUT2D eigenvalue weighted by atomic mass is 10.2. The Kier molecular flexibility index (Phi) is 3.90. The van der Waals surface area contributed by atoms with Gasteiger partial charge in [0.05, 0.1) is 0 Å². The Balaban J connectivity index is 1.93. The summed E-state index contributed by atoms with van der Waals surface area (Å²) < 4.78 is 28.1. The summed E-state index contributed by atoms with van der Waals surface area (Å²) in [6.45, 7) is 0. The minimum Gasteiger partial charge on any atom is -0.399 e. The van der Waals surface area contributed by atoms with Crippen LogP contribution in [0.5, 0.6) is 0 Å². The molecular weight excluding hydrogens is 306 g/mol.